The minimum atomic E-state index is -0.929. The molecule has 326 valence electrons. The molecule has 0 saturated carbocycles. The van der Waals surface area contributed by atoms with E-state index in [0.717, 1.165) is 54.7 Å². The van der Waals surface area contributed by atoms with Gasteiger partial charge in [0.2, 0.25) is 5.56 Å². The highest BCUT2D eigenvalue weighted by molar-refractivity contribution is 6.32. The van der Waals surface area contributed by atoms with E-state index in [9.17, 15) is 24.6 Å². The van der Waals surface area contributed by atoms with Gasteiger partial charge in [-0.25, -0.2) is 9.59 Å². The number of hydrogen-bond donors (Lipinski definition) is 5. The van der Waals surface area contributed by atoms with Crippen molar-refractivity contribution in [1.82, 2.24) is 20.5 Å². The summed E-state index contributed by atoms with van der Waals surface area (Å²) in [5.41, 5.74) is 4.21. The van der Waals surface area contributed by atoms with Crippen molar-refractivity contribution >= 4 is 34.6 Å². The van der Waals surface area contributed by atoms with E-state index in [0.29, 0.717) is 45.5 Å². The van der Waals surface area contributed by atoms with Gasteiger partial charge in [-0.15, -0.1) is 0 Å². The average Bonchev–Trinajstić information content (AvgIpc) is 3.31. The number of esters is 1. The number of aliphatic hydroxyl groups is 1. The second-order valence-electron chi connectivity index (χ2n) is 15.8. The molecule has 3 saturated heterocycles. The molecule has 3 atom stereocenters. The number of aromatic hydroxyl groups is 1. The number of fused-ring (bicyclic) bond motifs is 4. The van der Waals surface area contributed by atoms with Crippen LogP contribution in [0.2, 0.25) is 5.02 Å². The molecule has 0 radical (unpaired) electrons. The topological polar surface area (TPSA) is 172 Å². The molecule has 1 aromatic heterocycles. The maximum atomic E-state index is 13.2. The van der Waals surface area contributed by atoms with Crippen molar-refractivity contribution in [2.45, 2.75) is 44.2 Å². The molecule has 63 heavy (non-hydrogen) atoms. The number of alkyl carbamates (subject to hydrolysis) is 1. The Labute approximate surface area is 369 Å². The van der Waals surface area contributed by atoms with Crippen molar-refractivity contribution in [3.8, 4) is 17.2 Å². The monoisotopic (exact) mass is 872 g/mol. The van der Waals surface area contributed by atoms with Gasteiger partial charge in [0, 0.05) is 31.1 Å². The SMILES string of the molecule is O=C(NC(c1ccccc1)c1cccc(OCc2ccc(C(=O)OCCOc3cccc(CNCC(O)c4ccc(O)c5[nH]c(=O)ccc45)c3Cl)cc2)c1)O[C@H]1CN2CCC1CC2. The summed E-state index contributed by atoms with van der Waals surface area (Å²) in [6.07, 6.45) is 0.655. The number of carbonyl (C=O) groups is 2. The number of aromatic nitrogens is 1. The van der Waals surface area contributed by atoms with Crippen LogP contribution in [0, 0.1) is 5.92 Å². The largest absolute Gasteiger partial charge is 0.506 e. The number of piperidine rings is 3. The van der Waals surface area contributed by atoms with E-state index < -0.39 is 24.2 Å². The average molecular weight is 873 g/mol. The Balaban J connectivity index is 0.788. The lowest BCUT2D eigenvalue weighted by molar-refractivity contribution is -0.0336. The Bertz CT molecular complexity index is 2580. The molecule has 13 nitrogen and oxygen atoms in total. The Morgan fingerprint density at radius 1 is 0.857 bits per heavy atom. The van der Waals surface area contributed by atoms with Gasteiger partial charge in [-0.2, -0.15) is 0 Å². The van der Waals surface area contributed by atoms with E-state index >= 15 is 0 Å². The van der Waals surface area contributed by atoms with Crippen LogP contribution in [0.3, 0.4) is 0 Å². The van der Waals surface area contributed by atoms with Crippen LogP contribution >= 0.6 is 11.6 Å². The number of nitrogens with zero attached hydrogens (tertiary/aromatic N) is 1. The first kappa shape index (κ1) is 43.3. The minimum Gasteiger partial charge on any atom is -0.506 e. The summed E-state index contributed by atoms with van der Waals surface area (Å²) in [7, 11) is 0. The third-order valence-electron chi connectivity index (χ3n) is 11.6. The number of aromatic amines is 1. The van der Waals surface area contributed by atoms with E-state index in [1.54, 1.807) is 36.4 Å². The Morgan fingerprint density at radius 2 is 1.63 bits per heavy atom. The molecular formula is C49H49ClN4O9. The summed E-state index contributed by atoms with van der Waals surface area (Å²) in [6.45, 7) is 3.74. The first-order chi connectivity index (χ1) is 30.7. The summed E-state index contributed by atoms with van der Waals surface area (Å²) in [5.74, 6) is 0.881. The van der Waals surface area contributed by atoms with Crippen LogP contribution in [-0.4, -0.2) is 77.7 Å². The van der Waals surface area contributed by atoms with E-state index in [2.05, 4.69) is 20.5 Å². The van der Waals surface area contributed by atoms with Crippen molar-refractivity contribution in [3.05, 3.63) is 170 Å². The fourth-order valence-electron chi connectivity index (χ4n) is 8.20. The Morgan fingerprint density at radius 3 is 2.41 bits per heavy atom. The van der Waals surface area contributed by atoms with Crippen LogP contribution in [0.1, 0.15) is 63.2 Å². The van der Waals surface area contributed by atoms with Crippen LogP contribution < -0.4 is 25.7 Å². The fraction of sp³-hybridized carbons (Fsp3) is 0.286. The van der Waals surface area contributed by atoms with Gasteiger partial charge in [0.05, 0.1) is 28.2 Å². The van der Waals surface area contributed by atoms with Crippen LogP contribution in [0.25, 0.3) is 10.9 Å². The number of ether oxygens (including phenoxy) is 4. The number of aliphatic hydroxyl groups excluding tert-OH is 1. The molecule has 5 aromatic carbocycles. The number of benzene rings is 5. The predicted octanol–water partition coefficient (Wildman–Crippen LogP) is 7.43. The second-order valence-corrected chi connectivity index (χ2v) is 16.2. The third-order valence-corrected chi connectivity index (χ3v) is 12.0. The number of H-pyrrole nitrogens is 1. The molecule has 1 amide bonds. The minimum absolute atomic E-state index is 0.00680. The van der Waals surface area contributed by atoms with Gasteiger partial charge in [0.25, 0.3) is 0 Å². The van der Waals surface area contributed by atoms with Gasteiger partial charge in [-0.1, -0.05) is 84.4 Å². The first-order valence-corrected chi connectivity index (χ1v) is 21.4. The molecule has 3 aliphatic heterocycles. The summed E-state index contributed by atoms with van der Waals surface area (Å²) in [4.78, 5) is 42.8. The van der Waals surface area contributed by atoms with E-state index in [-0.39, 0.29) is 49.3 Å². The number of nitrogens with one attached hydrogen (secondary N) is 3. The number of rotatable bonds is 17. The summed E-state index contributed by atoms with van der Waals surface area (Å²) in [5, 5.41) is 28.3. The summed E-state index contributed by atoms with van der Waals surface area (Å²) >= 11 is 6.64. The molecule has 2 unspecified atom stereocenters. The number of halogens is 1. The molecule has 5 N–H and O–H groups in total. The lowest BCUT2D eigenvalue weighted by atomic mass is 9.86. The van der Waals surface area contributed by atoms with E-state index in [1.807, 2.05) is 72.8 Å². The predicted molar refractivity (Wildman–Crippen MR) is 238 cm³/mol. The maximum absolute atomic E-state index is 13.2. The number of hydrogen-bond acceptors (Lipinski definition) is 11. The van der Waals surface area contributed by atoms with Gasteiger partial charge >= 0.3 is 12.1 Å². The van der Waals surface area contributed by atoms with Crippen LogP contribution in [-0.2, 0) is 22.6 Å². The second kappa shape index (κ2) is 20.2. The summed E-state index contributed by atoms with van der Waals surface area (Å²) < 4.78 is 23.4. The highest BCUT2D eigenvalue weighted by atomic mass is 35.5. The molecule has 0 aliphatic carbocycles. The molecule has 2 bridgehead atoms. The molecule has 9 rings (SSSR count). The molecule has 0 spiro atoms. The normalized spacial score (nSPS) is 17.7. The van der Waals surface area contributed by atoms with Crippen LogP contribution in [0.15, 0.2) is 126 Å². The molecular weight excluding hydrogens is 824 g/mol. The van der Waals surface area contributed by atoms with E-state index in [1.165, 1.54) is 12.1 Å². The molecule has 6 aromatic rings. The lowest BCUT2D eigenvalue weighted by Crippen LogP contribution is -2.52. The third kappa shape index (κ3) is 10.8. The number of carbonyl (C=O) groups excluding carboxylic acids is 2. The van der Waals surface area contributed by atoms with Crippen molar-refractivity contribution in [2.75, 3.05) is 39.4 Å². The standard InChI is InChI=1S/C49H49ClN4O9/c50-45-36(27-51-28-41(56)38-16-18-40(55)47-39(38)17-19-44(57)52-47)9-5-11-42(45)60-24-25-61-48(58)34-14-12-31(13-15-34)30-62-37-10-4-8-35(26-37)46(33-6-2-1-3-7-33)53-49(59)63-43-29-54-22-20-32(43)21-23-54/h1-19,26,32,41,43,46,51,55-56H,20-25,27-30H2,(H,52,57)(H,53,59)/t41?,43-,46?/m0/s1. The van der Waals surface area contributed by atoms with Crippen molar-refractivity contribution in [1.29, 1.82) is 0 Å². The number of phenolic OH excluding ortho intramolecular Hbond substituents is 1. The lowest BCUT2D eigenvalue weighted by Gasteiger charge is -2.43. The van der Waals surface area contributed by atoms with Crippen molar-refractivity contribution in [2.24, 2.45) is 5.92 Å². The Kier molecular flexibility index (Phi) is 13.9. The zero-order valence-electron chi connectivity index (χ0n) is 34.5. The van der Waals surface area contributed by atoms with Gasteiger partial charge in [-0.3, -0.25) is 9.69 Å². The highest BCUT2D eigenvalue weighted by Crippen LogP contribution is 2.32. The maximum Gasteiger partial charge on any atom is 0.408 e. The van der Waals surface area contributed by atoms with Crippen molar-refractivity contribution < 1.29 is 38.7 Å². The van der Waals surface area contributed by atoms with Gasteiger partial charge < -0.3 is 44.8 Å². The first-order valence-electron chi connectivity index (χ1n) is 21.1. The highest BCUT2D eigenvalue weighted by Gasteiger charge is 2.37. The van der Waals surface area contributed by atoms with E-state index in [4.69, 9.17) is 30.5 Å². The van der Waals surface area contributed by atoms with Gasteiger partial charge in [0.15, 0.2) is 0 Å². The number of pyridine rings is 1. The number of amides is 1. The Hall–Kier alpha value is -6.38. The quantitative estimate of drug-likeness (QED) is 0.0456. The summed E-state index contributed by atoms with van der Waals surface area (Å²) in [6, 6.07) is 35.3. The van der Waals surface area contributed by atoms with Crippen LogP contribution in [0.4, 0.5) is 4.79 Å². The molecule has 4 heterocycles. The molecule has 14 heteroatoms. The zero-order valence-corrected chi connectivity index (χ0v) is 35.3. The van der Waals surface area contributed by atoms with Gasteiger partial charge in [-0.05, 0) is 102 Å². The number of phenols is 1. The molecule has 3 fully saturated rings. The molecule has 3 aliphatic rings. The van der Waals surface area contributed by atoms with Crippen molar-refractivity contribution in [3.63, 3.8) is 0 Å². The van der Waals surface area contributed by atoms with Crippen LogP contribution in [0.5, 0.6) is 17.2 Å². The smallest absolute Gasteiger partial charge is 0.408 e. The fourth-order valence-corrected chi connectivity index (χ4v) is 8.45. The zero-order chi connectivity index (χ0) is 43.7. The van der Waals surface area contributed by atoms with Gasteiger partial charge in [0.1, 0.15) is 43.2 Å².